The van der Waals surface area contributed by atoms with Crippen LogP contribution in [0.2, 0.25) is 0 Å². The quantitative estimate of drug-likeness (QED) is 0.529. The summed E-state index contributed by atoms with van der Waals surface area (Å²) in [6.07, 6.45) is -0.608. The molecule has 3 N–H and O–H groups in total. The lowest BCUT2D eigenvalue weighted by molar-refractivity contribution is -0.753. The van der Waals surface area contributed by atoms with Gasteiger partial charge < -0.3 is 15.5 Å². The second-order valence-electron chi connectivity index (χ2n) is 4.66. The highest BCUT2D eigenvalue weighted by Crippen LogP contribution is 2.13. The number of alkyl halides is 3. The van der Waals surface area contributed by atoms with Crippen LogP contribution in [0.5, 0.6) is 0 Å². The fourth-order valence-electron chi connectivity index (χ4n) is 1.27. The van der Waals surface area contributed by atoms with Crippen LogP contribution in [-0.4, -0.2) is 62.1 Å². The van der Waals surface area contributed by atoms with E-state index in [1.54, 1.807) is 18.5 Å². The van der Waals surface area contributed by atoms with Crippen molar-refractivity contribution in [3.63, 3.8) is 0 Å². The molecule has 0 spiro atoms. The van der Waals surface area contributed by atoms with Gasteiger partial charge in [-0.15, -0.1) is 0 Å². The van der Waals surface area contributed by atoms with Gasteiger partial charge in [0.15, 0.2) is 12.7 Å². The Labute approximate surface area is 148 Å². The molecule has 1 aromatic rings. The van der Waals surface area contributed by atoms with E-state index in [-0.39, 0.29) is 18.9 Å². The lowest BCUT2D eigenvalue weighted by atomic mass is 10.3. The summed E-state index contributed by atoms with van der Waals surface area (Å²) in [7, 11) is -0.939. The summed E-state index contributed by atoms with van der Waals surface area (Å²) < 4.78 is 44.0. The number of hydrogen-bond donors (Lipinski definition) is 3. The Bertz CT molecular complexity index is 652. The van der Waals surface area contributed by atoms with Crippen LogP contribution in [0, 0.1) is 0 Å². The maximum Gasteiger partial charge on any atom is 0.490 e. The van der Waals surface area contributed by atoms with Crippen molar-refractivity contribution in [3.05, 3.63) is 24.0 Å². The van der Waals surface area contributed by atoms with Crippen LogP contribution >= 0.6 is 0 Å². The summed E-state index contributed by atoms with van der Waals surface area (Å²) in [5.74, 6) is -3.54. The van der Waals surface area contributed by atoms with Crippen LogP contribution < -0.4 is 10.00 Å². The Hall–Kier alpha value is -2.57. The highest BCUT2D eigenvalue weighted by molar-refractivity contribution is 7.84. The number of carbonyl (C=O) groups is 3. The molecule has 1 amide bonds. The number of halogens is 3. The average molecular weight is 400 g/mol. The molecule has 1 atom stereocenters. The first-order valence-corrected chi connectivity index (χ1v) is 8.62. The highest BCUT2D eigenvalue weighted by Gasteiger charge is 2.38. The number of nitrogens with one attached hydrogen (secondary N) is 1. The summed E-state index contributed by atoms with van der Waals surface area (Å²) in [5.41, 5.74) is 0.383. The maximum absolute atomic E-state index is 11.7. The fourth-order valence-corrected chi connectivity index (χ4v) is 1.66. The van der Waals surface area contributed by atoms with Crippen molar-refractivity contribution in [2.24, 2.45) is 0 Å². The highest BCUT2D eigenvalue weighted by atomic mass is 32.2. The van der Waals surface area contributed by atoms with Crippen molar-refractivity contribution < 1.29 is 46.7 Å². The van der Waals surface area contributed by atoms with E-state index in [0.717, 1.165) is 0 Å². The van der Waals surface area contributed by atoms with E-state index in [4.69, 9.17) is 15.0 Å². The van der Waals surface area contributed by atoms with E-state index in [1.807, 2.05) is 0 Å². The Balaban J connectivity index is 0.000000758. The lowest BCUT2D eigenvalue weighted by Gasteiger charge is -2.02. The molecule has 13 heteroatoms. The van der Waals surface area contributed by atoms with Crippen LogP contribution in [0.15, 0.2) is 18.5 Å². The van der Waals surface area contributed by atoms with E-state index < -0.39 is 28.9 Å². The first-order valence-electron chi connectivity index (χ1n) is 6.89. The summed E-state index contributed by atoms with van der Waals surface area (Å²) in [5, 5.41) is 22.2. The minimum Gasteiger partial charge on any atom is -0.481 e. The zero-order valence-corrected chi connectivity index (χ0v) is 14.3. The first-order chi connectivity index (χ1) is 11.9. The number of carboxylic acid groups (broad SMARTS) is 2. The molecule has 0 radical (unpaired) electrons. The first kappa shape index (κ1) is 23.4. The predicted molar refractivity (Wildman–Crippen MR) is 81.6 cm³/mol. The SMILES string of the molecule is CS(=O)CCNC(=O)c1cc[n+](CCC(=O)O)nc1.O=C(O)C(F)(F)F. The van der Waals surface area contributed by atoms with Crippen molar-refractivity contribution >= 4 is 28.6 Å². The fraction of sp³-hybridized carbons (Fsp3) is 0.462. The number of amides is 1. The number of aliphatic carboxylic acids is 2. The molecule has 0 aliphatic carbocycles. The minimum atomic E-state index is -5.08. The minimum absolute atomic E-state index is 0.0223. The third-order valence-corrected chi connectivity index (χ3v) is 3.28. The number of carbonyl (C=O) groups excluding carboxylic acids is 1. The van der Waals surface area contributed by atoms with Crippen molar-refractivity contribution in [3.8, 4) is 0 Å². The molecule has 0 bridgehead atoms. The molecular weight excluding hydrogens is 383 g/mol. The summed E-state index contributed by atoms with van der Waals surface area (Å²) in [6, 6.07) is 1.56. The number of aryl methyl sites for hydroxylation is 1. The number of rotatable bonds is 7. The van der Waals surface area contributed by atoms with Crippen molar-refractivity contribution in [2.75, 3.05) is 18.6 Å². The molecular formula is C13H17F3N3O6S+. The van der Waals surface area contributed by atoms with Crippen molar-refractivity contribution in [2.45, 2.75) is 19.1 Å². The number of nitrogens with zero attached hydrogens (tertiary/aromatic N) is 2. The van der Waals surface area contributed by atoms with Gasteiger partial charge in [0, 0.05) is 35.4 Å². The molecule has 26 heavy (non-hydrogen) atoms. The van der Waals surface area contributed by atoms with E-state index >= 15 is 0 Å². The largest absolute Gasteiger partial charge is 0.490 e. The van der Waals surface area contributed by atoms with E-state index in [9.17, 15) is 27.0 Å². The van der Waals surface area contributed by atoms with Crippen molar-refractivity contribution in [1.82, 2.24) is 10.4 Å². The average Bonchev–Trinajstić information content (AvgIpc) is 2.52. The van der Waals surface area contributed by atoms with Crippen LogP contribution in [0.25, 0.3) is 0 Å². The summed E-state index contributed by atoms with van der Waals surface area (Å²) >= 11 is 0. The molecule has 1 aromatic heterocycles. The monoisotopic (exact) mass is 400 g/mol. The molecule has 0 saturated carbocycles. The Kier molecular flexibility index (Phi) is 10.0. The van der Waals surface area contributed by atoms with Gasteiger partial charge in [-0.2, -0.15) is 13.2 Å². The Morgan fingerprint density at radius 2 is 1.88 bits per heavy atom. The van der Waals surface area contributed by atoms with Gasteiger partial charge >= 0.3 is 18.1 Å². The molecule has 0 aliphatic rings. The number of carboxylic acids is 2. The van der Waals surface area contributed by atoms with Gasteiger partial charge in [0.1, 0.15) is 12.6 Å². The van der Waals surface area contributed by atoms with Crippen LogP contribution in [-0.2, 0) is 26.9 Å². The molecule has 0 saturated heterocycles. The van der Waals surface area contributed by atoms with Gasteiger partial charge in [0.25, 0.3) is 5.91 Å². The zero-order chi connectivity index (χ0) is 20.3. The van der Waals surface area contributed by atoms with Gasteiger partial charge in [-0.1, -0.05) is 4.68 Å². The third-order valence-electron chi connectivity index (χ3n) is 2.51. The molecule has 146 valence electrons. The van der Waals surface area contributed by atoms with E-state index in [0.29, 0.717) is 17.9 Å². The van der Waals surface area contributed by atoms with Crippen molar-refractivity contribution in [1.29, 1.82) is 0 Å². The molecule has 1 heterocycles. The third kappa shape index (κ3) is 11.1. The second kappa shape index (κ2) is 11.1. The van der Waals surface area contributed by atoms with Gasteiger partial charge in [0.05, 0.1) is 5.56 Å². The van der Waals surface area contributed by atoms with Gasteiger partial charge in [0.2, 0.25) is 0 Å². The van der Waals surface area contributed by atoms with Crippen LogP contribution in [0.1, 0.15) is 16.8 Å². The molecule has 0 aliphatic heterocycles. The van der Waals surface area contributed by atoms with E-state index in [2.05, 4.69) is 10.4 Å². The van der Waals surface area contributed by atoms with Gasteiger partial charge in [-0.3, -0.25) is 13.8 Å². The van der Waals surface area contributed by atoms with Gasteiger partial charge in [-0.25, -0.2) is 4.79 Å². The number of hydrogen-bond acceptors (Lipinski definition) is 5. The van der Waals surface area contributed by atoms with Gasteiger partial charge in [-0.05, 0) is 5.10 Å². The molecule has 1 unspecified atom stereocenters. The molecule has 0 aromatic carbocycles. The zero-order valence-electron chi connectivity index (χ0n) is 13.5. The Morgan fingerprint density at radius 3 is 2.27 bits per heavy atom. The van der Waals surface area contributed by atoms with Crippen LogP contribution in [0.3, 0.4) is 0 Å². The maximum atomic E-state index is 11.7. The smallest absolute Gasteiger partial charge is 0.481 e. The number of aromatic nitrogens is 2. The molecule has 0 fully saturated rings. The lowest BCUT2D eigenvalue weighted by Crippen LogP contribution is -2.39. The second-order valence-corrected chi connectivity index (χ2v) is 6.21. The standard InChI is InChI=1S/C11H15N3O4S.C2HF3O2/c1-19(18)7-4-12-11(17)9-2-5-14(13-8-9)6-3-10(15)16;3-2(4,5)1(6)7/h2,5,8H,3-4,6-7H2,1H3,(H-,12,15,16,17);(H,6,7)/p+1. The summed E-state index contributed by atoms with van der Waals surface area (Å²) in [4.78, 5) is 30.9. The normalized spacial score (nSPS) is 11.7. The molecule has 1 rings (SSSR count). The van der Waals surface area contributed by atoms with Crippen LogP contribution in [0.4, 0.5) is 13.2 Å². The van der Waals surface area contributed by atoms with E-state index in [1.165, 1.54) is 10.9 Å². The molecule has 9 nitrogen and oxygen atoms in total. The Morgan fingerprint density at radius 1 is 1.31 bits per heavy atom. The predicted octanol–water partition coefficient (Wildman–Crippen LogP) is -0.415. The topological polar surface area (TPSA) is 138 Å². The summed E-state index contributed by atoms with van der Waals surface area (Å²) in [6.45, 7) is 0.599.